The second-order valence-corrected chi connectivity index (χ2v) is 6.07. The molecule has 0 aliphatic carbocycles. The first-order valence-corrected chi connectivity index (χ1v) is 6.89. The van der Waals surface area contributed by atoms with Gasteiger partial charge in [-0.25, -0.2) is 4.39 Å². The molecule has 0 aliphatic rings. The molecule has 0 radical (unpaired) electrons. The van der Waals surface area contributed by atoms with E-state index in [1.165, 1.54) is 6.07 Å². The summed E-state index contributed by atoms with van der Waals surface area (Å²) >= 11 is 0. The minimum absolute atomic E-state index is 0.132. The Labute approximate surface area is 118 Å². The number of para-hydroxylation sites is 1. The zero-order chi connectivity index (χ0) is 14.9. The first kappa shape index (κ1) is 15.0. The molecule has 0 saturated heterocycles. The molecular weight excluding hydrogens is 257 g/mol. The minimum atomic E-state index is -0.429. The Hall–Kier alpha value is -1.39. The molecule has 0 fully saturated rings. The van der Waals surface area contributed by atoms with E-state index in [1.54, 1.807) is 12.1 Å². The number of hydrogen-bond donors (Lipinski definition) is 1. The van der Waals surface area contributed by atoms with Crippen LogP contribution in [0.4, 0.5) is 4.39 Å². The normalized spacial score (nSPS) is 15.5. The molecule has 110 valence electrons. The van der Waals surface area contributed by atoms with E-state index in [0.717, 1.165) is 5.39 Å². The molecule has 2 unspecified atom stereocenters. The molecule has 0 amide bonds. The molecule has 2 N–H and O–H groups in total. The van der Waals surface area contributed by atoms with Crippen LogP contribution in [0.3, 0.4) is 0 Å². The van der Waals surface area contributed by atoms with Crippen molar-refractivity contribution in [3.8, 4) is 0 Å². The van der Waals surface area contributed by atoms with E-state index < -0.39 is 6.04 Å². The molecule has 3 nitrogen and oxygen atoms in total. The highest BCUT2D eigenvalue weighted by molar-refractivity contribution is 5.78. The highest BCUT2D eigenvalue weighted by Crippen LogP contribution is 2.34. The van der Waals surface area contributed by atoms with Gasteiger partial charge in [0, 0.05) is 12.0 Å². The van der Waals surface area contributed by atoms with Crippen molar-refractivity contribution in [2.45, 2.75) is 39.8 Å². The van der Waals surface area contributed by atoms with Crippen molar-refractivity contribution in [1.82, 2.24) is 0 Å². The standard InChI is InChI=1S/C16H22FNO2/c1-5-19-15(16(2,3)4)13(18)12-9-10-7-6-8-11(17)14(10)20-12/h6-9,13,15H,5,18H2,1-4H3. The van der Waals surface area contributed by atoms with Gasteiger partial charge in [0.05, 0.1) is 12.1 Å². The molecule has 1 aromatic carbocycles. The summed E-state index contributed by atoms with van der Waals surface area (Å²) < 4.78 is 25.1. The van der Waals surface area contributed by atoms with Crippen LogP contribution in [0.5, 0.6) is 0 Å². The Kier molecular flexibility index (Phi) is 4.16. The van der Waals surface area contributed by atoms with Gasteiger partial charge >= 0.3 is 0 Å². The van der Waals surface area contributed by atoms with Gasteiger partial charge in [0.15, 0.2) is 11.4 Å². The first-order valence-electron chi connectivity index (χ1n) is 6.89. The molecule has 0 bridgehead atoms. The monoisotopic (exact) mass is 279 g/mol. The average Bonchev–Trinajstić information content (AvgIpc) is 2.79. The molecule has 4 heteroatoms. The van der Waals surface area contributed by atoms with Gasteiger partial charge in [-0.2, -0.15) is 0 Å². The van der Waals surface area contributed by atoms with Crippen LogP contribution < -0.4 is 5.73 Å². The van der Waals surface area contributed by atoms with E-state index in [0.29, 0.717) is 12.4 Å². The second kappa shape index (κ2) is 5.54. The van der Waals surface area contributed by atoms with Gasteiger partial charge in [-0.3, -0.25) is 0 Å². The molecule has 1 aromatic heterocycles. The SMILES string of the molecule is CCOC(C(N)c1cc2cccc(F)c2o1)C(C)(C)C. The Morgan fingerprint density at radius 2 is 2.05 bits per heavy atom. The van der Waals surface area contributed by atoms with E-state index in [-0.39, 0.29) is 22.9 Å². The van der Waals surface area contributed by atoms with Crippen molar-refractivity contribution in [3.63, 3.8) is 0 Å². The summed E-state index contributed by atoms with van der Waals surface area (Å²) in [7, 11) is 0. The summed E-state index contributed by atoms with van der Waals surface area (Å²) in [5.74, 6) is 0.183. The zero-order valence-corrected chi connectivity index (χ0v) is 12.4. The maximum absolute atomic E-state index is 13.7. The number of fused-ring (bicyclic) bond motifs is 1. The largest absolute Gasteiger partial charge is 0.456 e. The predicted octanol–water partition coefficient (Wildman–Crippen LogP) is 4.02. The fourth-order valence-corrected chi connectivity index (χ4v) is 2.43. The zero-order valence-electron chi connectivity index (χ0n) is 12.4. The average molecular weight is 279 g/mol. The summed E-state index contributed by atoms with van der Waals surface area (Å²) in [6.07, 6.45) is -0.198. The number of benzene rings is 1. The van der Waals surface area contributed by atoms with Crippen LogP contribution >= 0.6 is 0 Å². The van der Waals surface area contributed by atoms with Crippen LogP contribution in [0.1, 0.15) is 39.5 Å². The van der Waals surface area contributed by atoms with Crippen molar-refractivity contribution in [3.05, 3.63) is 35.8 Å². The molecule has 0 aliphatic heterocycles. The second-order valence-electron chi connectivity index (χ2n) is 6.07. The lowest BCUT2D eigenvalue weighted by molar-refractivity contribution is -0.0319. The van der Waals surface area contributed by atoms with Gasteiger partial charge in [0.2, 0.25) is 0 Å². The Bertz CT molecular complexity index is 586. The van der Waals surface area contributed by atoms with E-state index in [1.807, 2.05) is 13.0 Å². The van der Waals surface area contributed by atoms with Crippen LogP contribution in [0, 0.1) is 11.2 Å². The van der Waals surface area contributed by atoms with Gasteiger partial charge in [-0.05, 0) is 24.5 Å². The van der Waals surface area contributed by atoms with E-state index in [9.17, 15) is 4.39 Å². The molecule has 1 heterocycles. The number of nitrogens with two attached hydrogens (primary N) is 1. The fraction of sp³-hybridized carbons (Fsp3) is 0.500. The van der Waals surface area contributed by atoms with Crippen molar-refractivity contribution in [2.24, 2.45) is 11.1 Å². The predicted molar refractivity (Wildman–Crippen MR) is 78.0 cm³/mol. The molecular formula is C16H22FNO2. The Morgan fingerprint density at radius 3 is 2.60 bits per heavy atom. The summed E-state index contributed by atoms with van der Waals surface area (Å²) in [4.78, 5) is 0. The molecule has 2 aromatic rings. The molecule has 2 rings (SSSR count). The first-order chi connectivity index (χ1) is 9.34. The summed E-state index contributed by atoms with van der Waals surface area (Å²) in [6.45, 7) is 8.71. The fourth-order valence-electron chi connectivity index (χ4n) is 2.43. The van der Waals surface area contributed by atoms with Crippen LogP contribution in [-0.4, -0.2) is 12.7 Å². The van der Waals surface area contributed by atoms with Crippen LogP contribution in [-0.2, 0) is 4.74 Å². The van der Waals surface area contributed by atoms with E-state index in [4.69, 9.17) is 14.9 Å². The number of hydrogen-bond acceptors (Lipinski definition) is 3. The quantitative estimate of drug-likeness (QED) is 0.919. The lowest BCUT2D eigenvalue weighted by Crippen LogP contribution is -2.39. The van der Waals surface area contributed by atoms with Crippen LogP contribution in [0.25, 0.3) is 11.0 Å². The van der Waals surface area contributed by atoms with Gasteiger partial charge in [-0.15, -0.1) is 0 Å². The summed E-state index contributed by atoms with van der Waals surface area (Å²) in [5.41, 5.74) is 6.40. The van der Waals surface area contributed by atoms with Crippen LogP contribution in [0.2, 0.25) is 0 Å². The van der Waals surface area contributed by atoms with E-state index in [2.05, 4.69) is 20.8 Å². The van der Waals surface area contributed by atoms with Crippen molar-refractivity contribution in [2.75, 3.05) is 6.61 Å². The lowest BCUT2D eigenvalue weighted by Gasteiger charge is -2.33. The third kappa shape index (κ3) is 2.86. The highest BCUT2D eigenvalue weighted by Gasteiger charge is 2.33. The van der Waals surface area contributed by atoms with Gasteiger partial charge < -0.3 is 14.9 Å². The molecule has 0 saturated carbocycles. The van der Waals surface area contributed by atoms with E-state index >= 15 is 0 Å². The number of furan rings is 1. The third-order valence-corrected chi connectivity index (χ3v) is 3.37. The number of ether oxygens (including phenoxy) is 1. The maximum Gasteiger partial charge on any atom is 0.169 e. The highest BCUT2D eigenvalue weighted by atomic mass is 19.1. The van der Waals surface area contributed by atoms with Gasteiger partial charge in [0.25, 0.3) is 0 Å². The third-order valence-electron chi connectivity index (χ3n) is 3.37. The number of rotatable bonds is 4. The molecule has 20 heavy (non-hydrogen) atoms. The smallest absolute Gasteiger partial charge is 0.169 e. The summed E-state index contributed by atoms with van der Waals surface area (Å²) in [5, 5.41) is 0.722. The lowest BCUT2D eigenvalue weighted by atomic mass is 9.84. The maximum atomic E-state index is 13.7. The minimum Gasteiger partial charge on any atom is -0.456 e. The number of halogens is 1. The van der Waals surface area contributed by atoms with Crippen molar-refractivity contribution in [1.29, 1.82) is 0 Å². The summed E-state index contributed by atoms with van der Waals surface area (Å²) in [6, 6.07) is 6.21. The van der Waals surface area contributed by atoms with Gasteiger partial charge in [-0.1, -0.05) is 32.9 Å². The Morgan fingerprint density at radius 1 is 1.35 bits per heavy atom. The molecule has 2 atom stereocenters. The molecule has 0 spiro atoms. The van der Waals surface area contributed by atoms with Crippen molar-refractivity contribution < 1.29 is 13.5 Å². The topological polar surface area (TPSA) is 48.4 Å². The van der Waals surface area contributed by atoms with Crippen LogP contribution in [0.15, 0.2) is 28.7 Å². The van der Waals surface area contributed by atoms with Crippen molar-refractivity contribution >= 4 is 11.0 Å². The Balaban J connectivity index is 2.38. The van der Waals surface area contributed by atoms with Gasteiger partial charge in [0.1, 0.15) is 5.76 Å².